The molecule has 0 aliphatic carbocycles. The van der Waals surface area contributed by atoms with E-state index in [-0.39, 0.29) is 0 Å². The molecule has 1 amide bonds. The van der Waals surface area contributed by atoms with Gasteiger partial charge in [0.25, 0.3) is 5.91 Å². The van der Waals surface area contributed by atoms with Crippen LogP contribution in [0.3, 0.4) is 0 Å². The molecular weight excluding hydrogens is 170 g/mol. The first kappa shape index (κ1) is 10.4. The van der Waals surface area contributed by atoms with Crippen molar-refractivity contribution in [3.8, 4) is 0 Å². The van der Waals surface area contributed by atoms with Gasteiger partial charge >= 0.3 is 0 Å². The molecule has 5 heteroatoms. The van der Waals surface area contributed by atoms with Gasteiger partial charge in [-0.1, -0.05) is 0 Å². The molecule has 1 saturated heterocycles. The number of rotatable bonds is 3. The van der Waals surface area contributed by atoms with Crippen molar-refractivity contribution in [1.82, 2.24) is 4.90 Å². The second-order valence-corrected chi connectivity index (χ2v) is 3.56. The van der Waals surface area contributed by atoms with Crippen molar-refractivity contribution < 1.29 is 9.90 Å². The van der Waals surface area contributed by atoms with E-state index in [1.807, 2.05) is 4.90 Å². The number of β-amino-alcohol motifs (C(OH)–C–C–N with tert-alkyl or cyclic N) is 1. The number of aliphatic hydroxyl groups is 1. The zero-order valence-corrected chi connectivity index (χ0v) is 7.70. The number of nitrogens with two attached hydrogens (primary N) is 2. The summed E-state index contributed by atoms with van der Waals surface area (Å²) in [5.41, 5.74) is 9.16. The Morgan fingerprint density at radius 1 is 1.62 bits per heavy atom. The lowest BCUT2D eigenvalue weighted by atomic mass is 9.92. The third-order valence-corrected chi connectivity index (χ3v) is 2.45. The fourth-order valence-corrected chi connectivity index (χ4v) is 1.70. The lowest BCUT2D eigenvalue weighted by Gasteiger charge is -2.36. The lowest BCUT2D eigenvalue weighted by Crippen LogP contribution is -2.56. The van der Waals surface area contributed by atoms with Crippen molar-refractivity contribution in [3.63, 3.8) is 0 Å². The second-order valence-electron chi connectivity index (χ2n) is 3.56. The molecule has 76 valence electrons. The third kappa shape index (κ3) is 2.40. The SMILES string of the molecule is NCCN1CCCC(O)(C(N)=O)C1. The van der Waals surface area contributed by atoms with Gasteiger partial charge < -0.3 is 16.6 Å². The first-order chi connectivity index (χ1) is 6.08. The first-order valence-corrected chi connectivity index (χ1v) is 4.53. The van der Waals surface area contributed by atoms with Gasteiger partial charge in [-0.05, 0) is 19.4 Å². The van der Waals surface area contributed by atoms with Crippen LogP contribution in [0.5, 0.6) is 0 Å². The number of primary amides is 1. The number of hydrogen-bond donors (Lipinski definition) is 3. The van der Waals surface area contributed by atoms with Crippen LogP contribution in [0.25, 0.3) is 0 Å². The molecule has 0 aromatic carbocycles. The molecule has 1 rings (SSSR count). The van der Waals surface area contributed by atoms with Gasteiger partial charge in [0.1, 0.15) is 0 Å². The lowest BCUT2D eigenvalue weighted by molar-refractivity contribution is -0.142. The molecule has 0 aromatic rings. The summed E-state index contributed by atoms with van der Waals surface area (Å²) in [5.74, 6) is -0.630. The number of nitrogens with zero attached hydrogens (tertiary/aromatic N) is 1. The highest BCUT2D eigenvalue weighted by Gasteiger charge is 2.38. The van der Waals surface area contributed by atoms with E-state index < -0.39 is 11.5 Å². The maximum atomic E-state index is 10.9. The summed E-state index contributed by atoms with van der Waals surface area (Å²) in [6, 6.07) is 0. The van der Waals surface area contributed by atoms with Crippen LogP contribution in [0.1, 0.15) is 12.8 Å². The van der Waals surface area contributed by atoms with E-state index in [1.165, 1.54) is 0 Å². The Balaban J connectivity index is 2.54. The molecule has 1 aliphatic rings. The standard InChI is InChI=1S/C8H17N3O2/c9-3-5-11-4-1-2-8(13,6-11)7(10)12/h13H,1-6,9H2,(H2,10,12). The van der Waals surface area contributed by atoms with E-state index in [4.69, 9.17) is 11.5 Å². The molecule has 5 nitrogen and oxygen atoms in total. The van der Waals surface area contributed by atoms with Gasteiger partial charge in [-0.2, -0.15) is 0 Å². The van der Waals surface area contributed by atoms with Crippen molar-refractivity contribution in [2.75, 3.05) is 26.2 Å². The summed E-state index contributed by atoms with van der Waals surface area (Å²) < 4.78 is 0. The minimum absolute atomic E-state index is 0.319. The van der Waals surface area contributed by atoms with Crippen LogP contribution in [0, 0.1) is 0 Å². The molecule has 0 spiro atoms. The average Bonchev–Trinajstić information content (AvgIpc) is 2.04. The maximum absolute atomic E-state index is 10.9. The number of likely N-dealkylation sites (tertiary alicyclic amines) is 1. The van der Waals surface area contributed by atoms with Gasteiger partial charge in [0, 0.05) is 19.6 Å². The molecule has 1 fully saturated rings. The van der Waals surface area contributed by atoms with E-state index in [2.05, 4.69) is 0 Å². The quantitative estimate of drug-likeness (QED) is 0.489. The van der Waals surface area contributed by atoms with Crippen molar-refractivity contribution in [2.45, 2.75) is 18.4 Å². The Labute approximate surface area is 77.7 Å². The maximum Gasteiger partial charge on any atom is 0.250 e. The summed E-state index contributed by atoms with van der Waals surface area (Å²) in [6.07, 6.45) is 1.25. The summed E-state index contributed by atoms with van der Waals surface area (Å²) in [7, 11) is 0. The summed E-state index contributed by atoms with van der Waals surface area (Å²) in [5, 5.41) is 9.79. The molecule has 1 atom stereocenters. The van der Waals surface area contributed by atoms with Crippen LogP contribution in [-0.4, -0.2) is 47.7 Å². The van der Waals surface area contributed by atoms with Gasteiger partial charge in [0.15, 0.2) is 5.60 Å². The monoisotopic (exact) mass is 187 g/mol. The summed E-state index contributed by atoms with van der Waals surface area (Å²) >= 11 is 0. The smallest absolute Gasteiger partial charge is 0.250 e. The van der Waals surface area contributed by atoms with Crippen LogP contribution in [0.15, 0.2) is 0 Å². The van der Waals surface area contributed by atoms with Crippen LogP contribution >= 0.6 is 0 Å². The molecule has 13 heavy (non-hydrogen) atoms. The number of carbonyl (C=O) groups is 1. The third-order valence-electron chi connectivity index (χ3n) is 2.45. The molecule has 5 N–H and O–H groups in total. The molecule has 1 unspecified atom stereocenters. The Morgan fingerprint density at radius 2 is 2.31 bits per heavy atom. The largest absolute Gasteiger partial charge is 0.379 e. The van der Waals surface area contributed by atoms with Gasteiger partial charge in [-0.15, -0.1) is 0 Å². The molecule has 0 radical (unpaired) electrons. The van der Waals surface area contributed by atoms with Gasteiger partial charge in [0.05, 0.1) is 0 Å². The Bertz CT molecular complexity index is 196. The fraction of sp³-hybridized carbons (Fsp3) is 0.875. The Hall–Kier alpha value is -0.650. The predicted octanol–water partition coefficient (Wildman–Crippen LogP) is -1.74. The van der Waals surface area contributed by atoms with E-state index in [9.17, 15) is 9.90 Å². The topological polar surface area (TPSA) is 92.6 Å². The average molecular weight is 187 g/mol. The Morgan fingerprint density at radius 3 is 2.85 bits per heavy atom. The van der Waals surface area contributed by atoms with Crippen LogP contribution in [-0.2, 0) is 4.79 Å². The highest BCUT2D eigenvalue weighted by atomic mass is 16.3. The molecule has 1 aliphatic heterocycles. The number of carbonyl (C=O) groups excluding carboxylic acids is 1. The van der Waals surface area contributed by atoms with Crippen molar-refractivity contribution >= 4 is 5.91 Å². The van der Waals surface area contributed by atoms with E-state index in [0.717, 1.165) is 13.0 Å². The highest BCUT2D eigenvalue weighted by Crippen LogP contribution is 2.20. The number of amides is 1. The molecule has 0 aromatic heterocycles. The van der Waals surface area contributed by atoms with Gasteiger partial charge in [-0.25, -0.2) is 0 Å². The number of hydrogen-bond acceptors (Lipinski definition) is 4. The van der Waals surface area contributed by atoms with Crippen LogP contribution < -0.4 is 11.5 Å². The Kier molecular flexibility index (Phi) is 3.24. The van der Waals surface area contributed by atoms with E-state index in [1.54, 1.807) is 0 Å². The van der Waals surface area contributed by atoms with Crippen LogP contribution in [0.4, 0.5) is 0 Å². The zero-order valence-electron chi connectivity index (χ0n) is 7.70. The van der Waals surface area contributed by atoms with Crippen LogP contribution in [0.2, 0.25) is 0 Å². The first-order valence-electron chi connectivity index (χ1n) is 4.53. The minimum Gasteiger partial charge on any atom is -0.379 e. The normalized spacial score (nSPS) is 30.3. The second kappa shape index (κ2) is 4.04. The summed E-state index contributed by atoms with van der Waals surface area (Å²) in [4.78, 5) is 12.9. The molecule has 1 heterocycles. The number of piperidine rings is 1. The highest BCUT2D eigenvalue weighted by molar-refractivity contribution is 5.83. The van der Waals surface area contributed by atoms with Gasteiger partial charge in [-0.3, -0.25) is 9.69 Å². The minimum atomic E-state index is -1.34. The van der Waals surface area contributed by atoms with Crippen molar-refractivity contribution in [3.05, 3.63) is 0 Å². The fourth-order valence-electron chi connectivity index (χ4n) is 1.70. The zero-order chi connectivity index (χ0) is 9.90. The van der Waals surface area contributed by atoms with E-state index >= 15 is 0 Å². The predicted molar refractivity (Wildman–Crippen MR) is 48.9 cm³/mol. The van der Waals surface area contributed by atoms with Crippen molar-refractivity contribution in [1.29, 1.82) is 0 Å². The van der Waals surface area contributed by atoms with E-state index in [0.29, 0.717) is 26.1 Å². The molecule has 0 saturated carbocycles. The molecular formula is C8H17N3O2. The van der Waals surface area contributed by atoms with Gasteiger partial charge in [0.2, 0.25) is 0 Å². The molecule has 0 bridgehead atoms. The summed E-state index contributed by atoms with van der Waals surface area (Å²) in [6.45, 7) is 2.44. The van der Waals surface area contributed by atoms with Crippen molar-refractivity contribution in [2.24, 2.45) is 11.5 Å².